The van der Waals surface area contributed by atoms with E-state index in [0.717, 1.165) is 19.4 Å². The van der Waals surface area contributed by atoms with E-state index in [4.69, 9.17) is 16.2 Å². The summed E-state index contributed by atoms with van der Waals surface area (Å²) in [4.78, 5) is 15.3. The molecule has 6 heteroatoms. The molecule has 2 aliphatic rings. The van der Waals surface area contributed by atoms with Crippen molar-refractivity contribution in [2.75, 3.05) is 11.9 Å². The molecule has 1 aromatic heterocycles. The molecule has 102 valence electrons. The lowest BCUT2D eigenvalue weighted by Gasteiger charge is -2.52. The molecule has 1 aromatic rings. The molecular weight excluding hydrogens is 244 g/mol. The largest absolute Gasteiger partial charge is 0.376 e. The first-order valence-corrected chi connectivity index (χ1v) is 6.56. The molecule has 1 amide bonds. The Hall–Kier alpha value is -1.66. The summed E-state index contributed by atoms with van der Waals surface area (Å²) in [5.41, 5.74) is 11.8. The van der Waals surface area contributed by atoms with Crippen LogP contribution in [0.1, 0.15) is 23.2 Å². The van der Waals surface area contributed by atoms with Gasteiger partial charge in [0.05, 0.1) is 12.1 Å². The van der Waals surface area contributed by atoms with Crippen LogP contribution in [0.4, 0.5) is 5.82 Å². The molecular formula is C13H18N4O2. The summed E-state index contributed by atoms with van der Waals surface area (Å²) in [6.07, 6.45) is 3.92. The fourth-order valence-electron chi connectivity index (χ4n) is 2.96. The highest BCUT2D eigenvalue weighted by Crippen LogP contribution is 2.38. The van der Waals surface area contributed by atoms with Gasteiger partial charge in [-0.2, -0.15) is 0 Å². The van der Waals surface area contributed by atoms with E-state index < -0.39 is 5.91 Å². The SMILES string of the molecule is NC(=O)c1ccnc(NC2C(N)C3CCCOC32)c1. The second kappa shape index (κ2) is 4.79. The van der Waals surface area contributed by atoms with E-state index in [-0.39, 0.29) is 18.2 Å². The molecule has 0 bridgehead atoms. The van der Waals surface area contributed by atoms with Crippen molar-refractivity contribution in [3.05, 3.63) is 23.9 Å². The molecule has 4 atom stereocenters. The first-order chi connectivity index (χ1) is 9.16. The van der Waals surface area contributed by atoms with Gasteiger partial charge in [0.1, 0.15) is 5.82 Å². The zero-order valence-corrected chi connectivity index (χ0v) is 10.6. The summed E-state index contributed by atoms with van der Waals surface area (Å²) in [7, 11) is 0. The van der Waals surface area contributed by atoms with E-state index in [1.54, 1.807) is 18.3 Å². The molecule has 19 heavy (non-hydrogen) atoms. The number of fused-ring (bicyclic) bond motifs is 1. The molecule has 5 N–H and O–H groups in total. The Kier molecular flexibility index (Phi) is 3.12. The van der Waals surface area contributed by atoms with E-state index in [1.807, 2.05) is 0 Å². The third-order valence-corrected chi connectivity index (χ3v) is 4.04. The monoisotopic (exact) mass is 262 g/mol. The summed E-state index contributed by atoms with van der Waals surface area (Å²) in [5, 5.41) is 3.25. The molecule has 0 radical (unpaired) electrons. The van der Waals surface area contributed by atoms with Crippen LogP contribution in [0.15, 0.2) is 18.3 Å². The van der Waals surface area contributed by atoms with Crippen LogP contribution in [0.25, 0.3) is 0 Å². The molecule has 1 saturated heterocycles. The Morgan fingerprint density at radius 1 is 1.53 bits per heavy atom. The highest BCUT2D eigenvalue weighted by Gasteiger charge is 2.50. The summed E-state index contributed by atoms with van der Waals surface area (Å²) < 4.78 is 5.75. The third kappa shape index (κ3) is 2.17. The predicted molar refractivity (Wildman–Crippen MR) is 70.6 cm³/mol. The number of nitrogens with zero attached hydrogens (tertiary/aromatic N) is 1. The molecule has 0 spiro atoms. The fraction of sp³-hybridized carbons (Fsp3) is 0.538. The Morgan fingerprint density at radius 2 is 2.37 bits per heavy atom. The van der Waals surface area contributed by atoms with Crippen LogP contribution in [0, 0.1) is 5.92 Å². The van der Waals surface area contributed by atoms with Crippen molar-refractivity contribution in [1.82, 2.24) is 4.98 Å². The van der Waals surface area contributed by atoms with Gasteiger partial charge in [0.25, 0.3) is 0 Å². The Bertz CT molecular complexity index is 493. The average molecular weight is 262 g/mol. The molecule has 0 aromatic carbocycles. The zero-order chi connectivity index (χ0) is 13.4. The topological polar surface area (TPSA) is 103 Å². The standard InChI is InChI=1S/C13H18N4O2/c14-10-8-2-1-5-19-12(8)11(10)17-9-6-7(13(15)18)3-4-16-9/h3-4,6,8,10-12H,1-2,5,14H2,(H2,15,18)(H,16,17). The van der Waals surface area contributed by atoms with Gasteiger partial charge in [-0.25, -0.2) is 4.98 Å². The number of primary amides is 1. The van der Waals surface area contributed by atoms with Crippen LogP contribution >= 0.6 is 0 Å². The number of ether oxygens (including phenoxy) is 1. The maximum Gasteiger partial charge on any atom is 0.248 e. The van der Waals surface area contributed by atoms with Crippen molar-refractivity contribution in [2.45, 2.75) is 31.0 Å². The number of hydrogen-bond donors (Lipinski definition) is 3. The summed E-state index contributed by atoms with van der Waals surface area (Å²) >= 11 is 0. The lowest BCUT2D eigenvalue weighted by atomic mass is 9.68. The average Bonchev–Trinajstić information content (AvgIpc) is 2.44. The lowest BCUT2D eigenvalue weighted by Crippen LogP contribution is -2.69. The van der Waals surface area contributed by atoms with E-state index in [9.17, 15) is 4.79 Å². The number of hydrogen-bond acceptors (Lipinski definition) is 5. The van der Waals surface area contributed by atoms with Gasteiger partial charge in [0.2, 0.25) is 5.91 Å². The van der Waals surface area contributed by atoms with E-state index in [1.165, 1.54) is 0 Å². The maximum atomic E-state index is 11.1. The summed E-state index contributed by atoms with van der Waals surface area (Å²) in [6.45, 7) is 0.792. The Balaban J connectivity index is 1.71. The van der Waals surface area contributed by atoms with Crippen LogP contribution in [0.3, 0.4) is 0 Å². The maximum absolute atomic E-state index is 11.1. The minimum absolute atomic E-state index is 0.0564. The van der Waals surface area contributed by atoms with Crippen LogP contribution in [-0.4, -0.2) is 35.7 Å². The van der Waals surface area contributed by atoms with Gasteiger partial charge < -0.3 is 21.5 Å². The fourth-order valence-corrected chi connectivity index (χ4v) is 2.96. The molecule has 3 rings (SSSR count). The molecule has 1 aliphatic heterocycles. The van der Waals surface area contributed by atoms with E-state index >= 15 is 0 Å². The molecule has 2 fully saturated rings. The second-order valence-electron chi connectivity index (χ2n) is 5.18. The number of nitrogens with one attached hydrogen (secondary N) is 1. The number of nitrogens with two attached hydrogens (primary N) is 2. The summed E-state index contributed by atoms with van der Waals surface area (Å²) in [5.74, 6) is 0.588. The third-order valence-electron chi connectivity index (χ3n) is 4.04. The number of carbonyl (C=O) groups is 1. The van der Waals surface area contributed by atoms with Gasteiger partial charge in [-0.15, -0.1) is 0 Å². The molecule has 6 nitrogen and oxygen atoms in total. The zero-order valence-electron chi connectivity index (χ0n) is 10.6. The Morgan fingerprint density at radius 3 is 3.16 bits per heavy atom. The molecule has 2 heterocycles. The Labute approximate surface area is 111 Å². The van der Waals surface area contributed by atoms with Crippen molar-refractivity contribution in [2.24, 2.45) is 17.4 Å². The first kappa shape index (κ1) is 12.4. The molecule has 4 unspecified atom stereocenters. The number of pyridine rings is 1. The number of amides is 1. The van der Waals surface area contributed by atoms with Gasteiger partial charge in [-0.1, -0.05) is 0 Å². The lowest BCUT2D eigenvalue weighted by molar-refractivity contribution is -0.104. The van der Waals surface area contributed by atoms with Gasteiger partial charge in [0, 0.05) is 30.3 Å². The molecule has 1 saturated carbocycles. The highest BCUT2D eigenvalue weighted by molar-refractivity contribution is 5.93. The number of aromatic nitrogens is 1. The second-order valence-corrected chi connectivity index (χ2v) is 5.18. The quantitative estimate of drug-likeness (QED) is 0.716. The minimum atomic E-state index is -0.463. The first-order valence-electron chi connectivity index (χ1n) is 6.56. The summed E-state index contributed by atoms with van der Waals surface area (Å²) in [6, 6.07) is 3.37. The number of anilines is 1. The van der Waals surface area contributed by atoms with Crippen LogP contribution in [0.2, 0.25) is 0 Å². The van der Waals surface area contributed by atoms with Gasteiger partial charge in [-0.05, 0) is 25.0 Å². The van der Waals surface area contributed by atoms with Crippen LogP contribution in [0.5, 0.6) is 0 Å². The van der Waals surface area contributed by atoms with Crippen LogP contribution < -0.4 is 16.8 Å². The van der Waals surface area contributed by atoms with E-state index in [2.05, 4.69) is 10.3 Å². The normalized spacial score (nSPS) is 33.1. The van der Waals surface area contributed by atoms with Gasteiger partial charge >= 0.3 is 0 Å². The van der Waals surface area contributed by atoms with Crippen molar-refractivity contribution < 1.29 is 9.53 Å². The van der Waals surface area contributed by atoms with Crippen molar-refractivity contribution in [1.29, 1.82) is 0 Å². The highest BCUT2D eigenvalue weighted by atomic mass is 16.5. The van der Waals surface area contributed by atoms with E-state index in [0.29, 0.717) is 17.3 Å². The van der Waals surface area contributed by atoms with Crippen LogP contribution in [-0.2, 0) is 4.74 Å². The van der Waals surface area contributed by atoms with Crippen molar-refractivity contribution >= 4 is 11.7 Å². The predicted octanol–water partition coefficient (Wildman–Crippen LogP) is 0.0971. The van der Waals surface area contributed by atoms with Gasteiger partial charge in [0.15, 0.2) is 0 Å². The number of carbonyl (C=O) groups excluding carboxylic acids is 1. The minimum Gasteiger partial charge on any atom is -0.376 e. The number of rotatable bonds is 3. The van der Waals surface area contributed by atoms with Gasteiger partial charge in [-0.3, -0.25) is 4.79 Å². The molecule has 1 aliphatic carbocycles. The van der Waals surface area contributed by atoms with Crippen molar-refractivity contribution in [3.8, 4) is 0 Å². The van der Waals surface area contributed by atoms with Crippen molar-refractivity contribution in [3.63, 3.8) is 0 Å². The smallest absolute Gasteiger partial charge is 0.248 e.